The fraction of sp³-hybridized carbons (Fsp3) is 0.615. The Balaban J connectivity index is 1.64. The van der Waals surface area contributed by atoms with E-state index in [1.54, 1.807) is 6.33 Å². The molecule has 2 fully saturated rings. The molecule has 2 saturated heterocycles. The van der Waals surface area contributed by atoms with Crippen LogP contribution >= 0.6 is 0 Å². The summed E-state index contributed by atoms with van der Waals surface area (Å²) in [6.07, 6.45) is 3.59. The van der Waals surface area contributed by atoms with Gasteiger partial charge in [0.25, 0.3) is 0 Å². The number of hydrogen-bond acceptors (Lipinski definition) is 7. The number of nitrogen functional groups attached to an aromatic ring is 1. The highest BCUT2D eigenvalue weighted by atomic mass is 16.8. The minimum absolute atomic E-state index is 0.00961. The van der Waals surface area contributed by atoms with Crippen molar-refractivity contribution >= 4 is 17.0 Å². The minimum Gasteiger partial charge on any atom is -0.382 e. The Bertz CT molecular complexity index is 685. The van der Waals surface area contributed by atoms with E-state index in [1.807, 2.05) is 18.4 Å². The first-order valence-electron chi connectivity index (χ1n) is 6.94. The minimum atomic E-state index is -0.558. The summed E-state index contributed by atoms with van der Waals surface area (Å²) in [7, 11) is 0. The van der Waals surface area contributed by atoms with E-state index in [2.05, 4.69) is 15.0 Å². The van der Waals surface area contributed by atoms with E-state index in [-0.39, 0.29) is 18.4 Å². The molecule has 2 aromatic rings. The lowest BCUT2D eigenvalue weighted by Crippen LogP contribution is -2.37. The lowest BCUT2D eigenvalue weighted by atomic mass is 10.1. The summed E-state index contributed by atoms with van der Waals surface area (Å²) in [5, 5.41) is 0. The normalized spacial score (nSPS) is 31.4. The summed E-state index contributed by atoms with van der Waals surface area (Å²) >= 11 is 0. The molecule has 0 aliphatic carbocycles. The molecule has 4 heterocycles. The zero-order valence-electron chi connectivity index (χ0n) is 11.9. The molecule has 0 spiro atoms. The first-order chi connectivity index (χ1) is 10.0. The van der Waals surface area contributed by atoms with Crippen LogP contribution in [0.3, 0.4) is 0 Å². The number of rotatable bonds is 1. The van der Waals surface area contributed by atoms with Crippen molar-refractivity contribution in [3.8, 4) is 0 Å². The molecule has 0 bridgehead atoms. The highest BCUT2D eigenvalue weighted by Gasteiger charge is 2.45. The lowest BCUT2D eigenvalue weighted by molar-refractivity contribution is -0.146. The molecule has 0 amide bonds. The number of nitrogens with two attached hydrogens (primary N) is 1. The Labute approximate surface area is 121 Å². The molecule has 0 radical (unpaired) electrons. The summed E-state index contributed by atoms with van der Waals surface area (Å²) in [6.45, 7) is 4.32. The summed E-state index contributed by atoms with van der Waals surface area (Å²) in [5.74, 6) is -0.189. The van der Waals surface area contributed by atoms with E-state index in [1.165, 1.54) is 6.33 Å². The van der Waals surface area contributed by atoms with Crippen LogP contribution in [-0.2, 0) is 14.2 Å². The lowest BCUT2D eigenvalue weighted by Gasteiger charge is -2.30. The van der Waals surface area contributed by atoms with Gasteiger partial charge in [0.1, 0.15) is 24.2 Å². The maximum atomic E-state index is 5.92. The molecule has 2 aromatic heterocycles. The number of ether oxygens (including phenoxy) is 3. The van der Waals surface area contributed by atoms with Crippen LogP contribution in [-0.4, -0.2) is 44.1 Å². The molecule has 2 aliphatic rings. The topological polar surface area (TPSA) is 97.3 Å². The van der Waals surface area contributed by atoms with Crippen LogP contribution in [0.1, 0.15) is 26.5 Å². The van der Waals surface area contributed by atoms with Crippen LogP contribution in [0.25, 0.3) is 11.2 Å². The van der Waals surface area contributed by atoms with Crippen LogP contribution in [0, 0.1) is 0 Å². The van der Waals surface area contributed by atoms with Crippen molar-refractivity contribution in [1.29, 1.82) is 0 Å². The molecule has 2 aliphatic heterocycles. The molecule has 0 saturated carbocycles. The number of aromatic nitrogens is 4. The van der Waals surface area contributed by atoms with Crippen molar-refractivity contribution < 1.29 is 14.2 Å². The van der Waals surface area contributed by atoms with Gasteiger partial charge in [0.05, 0.1) is 19.0 Å². The first-order valence-corrected chi connectivity index (χ1v) is 6.94. The molecular formula is C13H17N5O3. The summed E-state index contributed by atoms with van der Waals surface area (Å²) < 4.78 is 19.5. The third-order valence-electron chi connectivity index (χ3n) is 3.87. The SMILES string of the molecule is CC1(C)O[C@H]2CO[C@@H](n3cnc4c(N)ncnc43)C[C@H]2O1. The Kier molecular flexibility index (Phi) is 2.69. The Morgan fingerprint density at radius 1 is 1.24 bits per heavy atom. The molecule has 112 valence electrons. The second kappa shape index (κ2) is 4.36. The third-order valence-corrected chi connectivity index (χ3v) is 3.87. The smallest absolute Gasteiger partial charge is 0.167 e. The van der Waals surface area contributed by atoms with Gasteiger partial charge in [-0.15, -0.1) is 0 Å². The van der Waals surface area contributed by atoms with Gasteiger partial charge in [0.2, 0.25) is 0 Å². The summed E-state index contributed by atoms with van der Waals surface area (Å²) in [5.41, 5.74) is 7.07. The highest BCUT2D eigenvalue weighted by molar-refractivity contribution is 5.81. The molecule has 3 atom stereocenters. The van der Waals surface area contributed by atoms with E-state index in [0.717, 1.165) is 0 Å². The van der Waals surface area contributed by atoms with Gasteiger partial charge in [-0.1, -0.05) is 0 Å². The largest absolute Gasteiger partial charge is 0.382 e. The first kappa shape index (κ1) is 12.9. The van der Waals surface area contributed by atoms with Gasteiger partial charge in [-0.05, 0) is 13.8 Å². The maximum Gasteiger partial charge on any atom is 0.167 e. The Morgan fingerprint density at radius 2 is 2.05 bits per heavy atom. The van der Waals surface area contributed by atoms with Crippen molar-refractivity contribution in [2.75, 3.05) is 12.3 Å². The molecule has 2 N–H and O–H groups in total. The van der Waals surface area contributed by atoms with Gasteiger partial charge in [-0.3, -0.25) is 4.57 Å². The van der Waals surface area contributed by atoms with E-state index in [0.29, 0.717) is 30.0 Å². The van der Waals surface area contributed by atoms with Gasteiger partial charge >= 0.3 is 0 Å². The fourth-order valence-electron chi connectivity index (χ4n) is 3.00. The van der Waals surface area contributed by atoms with E-state index in [4.69, 9.17) is 19.9 Å². The second-order valence-corrected chi connectivity index (χ2v) is 5.82. The number of anilines is 1. The Morgan fingerprint density at radius 3 is 2.90 bits per heavy atom. The Hall–Kier alpha value is -1.77. The van der Waals surface area contributed by atoms with Crippen molar-refractivity contribution in [3.63, 3.8) is 0 Å². The van der Waals surface area contributed by atoms with Gasteiger partial charge < -0.3 is 19.9 Å². The fourth-order valence-corrected chi connectivity index (χ4v) is 3.00. The van der Waals surface area contributed by atoms with Crippen LogP contribution in [0.4, 0.5) is 5.82 Å². The predicted octanol–water partition coefficient (Wildman–Crippen LogP) is 0.847. The van der Waals surface area contributed by atoms with E-state index in [9.17, 15) is 0 Å². The second-order valence-electron chi connectivity index (χ2n) is 5.82. The van der Waals surface area contributed by atoms with Gasteiger partial charge in [-0.2, -0.15) is 0 Å². The predicted molar refractivity (Wildman–Crippen MR) is 73.2 cm³/mol. The summed E-state index contributed by atoms with van der Waals surface area (Å²) in [6, 6.07) is 0. The van der Waals surface area contributed by atoms with Crippen LogP contribution < -0.4 is 5.73 Å². The average Bonchev–Trinajstić information content (AvgIpc) is 2.97. The van der Waals surface area contributed by atoms with Crippen LogP contribution in [0.5, 0.6) is 0 Å². The van der Waals surface area contributed by atoms with Gasteiger partial charge in [0, 0.05) is 6.42 Å². The van der Waals surface area contributed by atoms with E-state index >= 15 is 0 Å². The highest BCUT2D eigenvalue weighted by Crippen LogP contribution is 2.37. The van der Waals surface area contributed by atoms with Crippen molar-refractivity contribution in [1.82, 2.24) is 19.5 Å². The molecular weight excluding hydrogens is 274 g/mol. The molecule has 8 heteroatoms. The molecule has 21 heavy (non-hydrogen) atoms. The van der Waals surface area contributed by atoms with E-state index < -0.39 is 5.79 Å². The molecule has 4 rings (SSSR count). The van der Waals surface area contributed by atoms with Crippen molar-refractivity contribution in [3.05, 3.63) is 12.7 Å². The zero-order valence-corrected chi connectivity index (χ0v) is 11.9. The zero-order chi connectivity index (χ0) is 14.6. The third kappa shape index (κ3) is 2.06. The number of imidazole rings is 1. The molecule has 0 unspecified atom stereocenters. The number of hydrogen-bond donors (Lipinski definition) is 1. The standard InChI is InChI=1S/C13H17N5O3/c1-13(2)20-7-3-9(19-4-8(7)21-13)18-6-17-10-11(14)15-5-16-12(10)18/h5-9H,3-4H2,1-2H3,(H2,14,15,16)/t7-,8+,9-/m1/s1. The number of fused-ring (bicyclic) bond motifs is 2. The molecule has 8 nitrogen and oxygen atoms in total. The van der Waals surface area contributed by atoms with Crippen molar-refractivity contribution in [2.24, 2.45) is 0 Å². The molecule has 0 aromatic carbocycles. The maximum absolute atomic E-state index is 5.92. The number of nitrogens with zero attached hydrogens (tertiary/aromatic N) is 4. The summed E-state index contributed by atoms with van der Waals surface area (Å²) in [4.78, 5) is 12.5. The van der Waals surface area contributed by atoms with Gasteiger partial charge in [-0.25, -0.2) is 15.0 Å². The van der Waals surface area contributed by atoms with Gasteiger partial charge in [0.15, 0.2) is 17.3 Å². The average molecular weight is 291 g/mol. The quantitative estimate of drug-likeness (QED) is 0.831. The van der Waals surface area contributed by atoms with Crippen molar-refractivity contribution in [2.45, 2.75) is 44.5 Å². The monoisotopic (exact) mass is 291 g/mol. The van der Waals surface area contributed by atoms with Crippen LogP contribution in [0.2, 0.25) is 0 Å². The van der Waals surface area contributed by atoms with Crippen LogP contribution in [0.15, 0.2) is 12.7 Å².